The van der Waals surface area contributed by atoms with Gasteiger partial charge in [0.05, 0.1) is 11.8 Å². The smallest absolute Gasteiger partial charge is 0.312 e. The molecule has 0 rings (SSSR count). The Morgan fingerprint density at radius 2 is 2.27 bits per heavy atom. The third-order valence-corrected chi connectivity index (χ3v) is 1.95. The molecule has 0 bridgehead atoms. The fraction of sp³-hybridized carbons (Fsp3) is 0.857. The van der Waals surface area contributed by atoms with E-state index >= 15 is 0 Å². The highest BCUT2D eigenvalue weighted by Crippen LogP contribution is 2.06. The lowest BCUT2D eigenvalue weighted by atomic mass is 10.3. The van der Waals surface area contributed by atoms with E-state index in [1.807, 2.05) is 6.92 Å². The summed E-state index contributed by atoms with van der Waals surface area (Å²) in [6.07, 6.45) is 0.163. The summed E-state index contributed by atoms with van der Waals surface area (Å²) in [6, 6.07) is 0. The van der Waals surface area contributed by atoms with E-state index < -0.39 is 6.10 Å². The van der Waals surface area contributed by atoms with Gasteiger partial charge in [0.15, 0.2) is 0 Å². The maximum Gasteiger partial charge on any atom is 0.312 e. The zero-order chi connectivity index (χ0) is 8.85. The molecule has 0 aliphatic heterocycles. The van der Waals surface area contributed by atoms with Crippen LogP contribution in [0.25, 0.3) is 0 Å². The lowest BCUT2D eigenvalue weighted by Gasteiger charge is -2.09. The molecule has 0 aromatic carbocycles. The monoisotopic (exact) mass is 178 g/mol. The van der Waals surface area contributed by atoms with Crippen LogP contribution in [0.4, 0.5) is 0 Å². The average molecular weight is 178 g/mol. The van der Waals surface area contributed by atoms with Crippen LogP contribution in [-0.4, -0.2) is 29.4 Å². The molecule has 0 spiro atoms. The van der Waals surface area contributed by atoms with Gasteiger partial charge < -0.3 is 9.84 Å². The van der Waals surface area contributed by atoms with Gasteiger partial charge in [0.1, 0.15) is 6.61 Å². The minimum Gasteiger partial charge on any atom is -0.462 e. The van der Waals surface area contributed by atoms with Crippen molar-refractivity contribution in [2.45, 2.75) is 32.0 Å². The van der Waals surface area contributed by atoms with Crippen molar-refractivity contribution in [3.63, 3.8) is 0 Å². The second kappa shape index (κ2) is 5.50. The molecule has 0 aromatic heterocycles. The minimum absolute atomic E-state index is 0.0870. The van der Waals surface area contributed by atoms with Gasteiger partial charge in [-0.3, -0.25) is 4.79 Å². The summed E-state index contributed by atoms with van der Waals surface area (Å²) < 4.78 is 4.75. The van der Waals surface area contributed by atoms with Crippen molar-refractivity contribution in [1.82, 2.24) is 0 Å². The number of rotatable bonds is 4. The van der Waals surface area contributed by atoms with E-state index in [-0.39, 0.29) is 18.2 Å². The Balaban J connectivity index is 3.52. The molecule has 0 aromatic rings. The Morgan fingerprint density at radius 1 is 1.73 bits per heavy atom. The molecule has 0 fully saturated rings. The Morgan fingerprint density at radius 3 is 2.64 bits per heavy atom. The highest BCUT2D eigenvalue weighted by atomic mass is 31.0. The SMILES string of the molecule is CCC(P)C(=O)OCC(C)O. The quantitative estimate of drug-likeness (QED) is 0.505. The first-order valence-corrected chi connectivity index (χ1v) is 4.34. The second-order valence-corrected chi connectivity index (χ2v) is 3.30. The molecule has 0 amide bonds. The normalized spacial score (nSPS) is 15.6. The summed E-state index contributed by atoms with van der Waals surface area (Å²) >= 11 is 0. The van der Waals surface area contributed by atoms with Crippen molar-refractivity contribution in [2.24, 2.45) is 0 Å². The van der Waals surface area contributed by atoms with E-state index in [9.17, 15) is 4.79 Å². The van der Waals surface area contributed by atoms with E-state index in [1.54, 1.807) is 6.92 Å². The third kappa shape index (κ3) is 5.16. The second-order valence-electron chi connectivity index (χ2n) is 2.49. The molecular formula is C7H15O3P. The first-order valence-electron chi connectivity index (χ1n) is 3.68. The van der Waals surface area contributed by atoms with Crippen LogP contribution >= 0.6 is 9.24 Å². The van der Waals surface area contributed by atoms with Crippen LogP contribution in [0.3, 0.4) is 0 Å². The first-order chi connectivity index (χ1) is 5.07. The Bertz CT molecular complexity index is 125. The zero-order valence-corrected chi connectivity index (χ0v) is 8.06. The summed E-state index contributed by atoms with van der Waals surface area (Å²) in [5.74, 6) is -0.265. The van der Waals surface area contributed by atoms with Crippen LogP contribution in [0.15, 0.2) is 0 Å². The van der Waals surface area contributed by atoms with Gasteiger partial charge in [0.25, 0.3) is 0 Å². The number of esters is 1. The molecule has 3 nitrogen and oxygen atoms in total. The highest BCUT2D eigenvalue weighted by Gasteiger charge is 2.12. The molecule has 0 saturated heterocycles. The average Bonchev–Trinajstić information content (AvgIpc) is 1.98. The van der Waals surface area contributed by atoms with Gasteiger partial charge in [0.2, 0.25) is 0 Å². The van der Waals surface area contributed by atoms with E-state index in [4.69, 9.17) is 9.84 Å². The standard InChI is InChI=1S/C7H15O3P/c1-3-6(11)7(9)10-4-5(2)8/h5-6,8H,3-4,11H2,1-2H3. The number of aliphatic hydroxyl groups excluding tert-OH is 1. The number of aliphatic hydroxyl groups is 1. The molecular weight excluding hydrogens is 163 g/mol. The van der Waals surface area contributed by atoms with Crippen LogP contribution < -0.4 is 0 Å². The van der Waals surface area contributed by atoms with Crippen molar-refractivity contribution >= 4 is 15.2 Å². The number of hydrogen-bond donors (Lipinski definition) is 1. The lowest BCUT2D eigenvalue weighted by molar-refractivity contribution is -0.145. The maximum atomic E-state index is 10.9. The first kappa shape index (κ1) is 10.9. The molecule has 0 aliphatic carbocycles. The van der Waals surface area contributed by atoms with Gasteiger partial charge in [0, 0.05) is 0 Å². The van der Waals surface area contributed by atoms with Crippen LogP contribution in [0.2, 0.25) is 0 Å². The molecule has 11 heavy (non-hydrogen) atoms. The highest BCUT2D eigenvalue weighted by molar-refractivity contribution is 7.19. The number of hydrogen-bond acceptors (Lipinski definition) is 3. The predicted molar refractivity (Wildman–Crippen MR) is 46.4 cm³/mol. The van der Waals surface area contributed by atoms with E-state index in [0.29, 0.717) is 0 Å². The Hall–Kier alpha value is -0.140. The van der Waals surface area contributed by atoms with Crippen molar-refractivity contribution < 1.29 is 14.6 Å². The van der Waals surface area contributed by atoms with E-state index in [1.165, 1.54) is 0 Å². The molecule has 0 aliphatic rings. The van der Waals surface area contributed by atoms with Crippen molar-refractivity contribution in [1.29, 1.82) is 0 Å². The van der Waals surface area contributed by atoms with Crippen molar-refractivity contribution in [3.8, 4) is 0 Å². The van der Waals surface area contributed by atoms with Gasteiger partial charge >= 0.3 is 5.97 Å². The molecule has 0 saturated carbocycles. The summed E-state index contributed by atoms with van der Waals surface area (Å²) in [5.41, 5.74) is -0.145. The van der Waals surface area contributed by atoms with Crippen molar-refractivity contribution in [3.05, 3.63) is 0 Å². The molecule has 1 N–H and O–H groups in total. The summed E-state index contributed by atoms with van der Waals surface area (Å²) in [6.45, 7) is 3.57. The topological polar surface area (TPSA) is 46.5 Å². The van der Waals surface area contributed by atoms with Gasteiger partial charge in [-0.15, -0.1) is 9.24 Å². The van der Waals surface area contributed by atoms with Crippen LogP contribution in [0.5, 0.6) is 0 Å². The summed E-state index contributed by atoms with van der Waals surface area (Å²) in [4.78, 5) is 10.9. The molecule has 3 atom stereocenters. The Labute approximate surface area is 69.3 Å². The largest absolute Gasteiger partial charge is 0.462 e. The number of ether oxygens (including phenoxy) is 1. The minimum atomic E-state index is -0.576. The molecule has 0 heterocycles. The van der Waals surface area contributed by atoms with Crippen LogP contribution in [0, 0.1) is 0 Å². The van der Waals surface area contributed by atoms with E-state index in [2.05, 4.69) is 9.24 Å². The lowest BCUT2D eigenvalue weighted by Crippen LogP contribution is -2.21. The van der Waals surface area contributed by atoms with E-state index in [0.717, 1.165) is 6.42 Å². The fourth-order valence-corrected chi connectivity index (χ4v) is 0.573. The number of carbonyl (C=O) groups is 1. The molecule has 0 radical (unpaired) electrons. The summed E-state index contributed by atoms with van der Waals surface area (Å²) in [7, 11) is 2.40. The summed E-state index contributed by atoms with van der Waals surface area (Å²) in [5, 5.41) is 8.77. The molecule has 66 valence electrons. The third-order valence-electron chi connectivity index (χ3n) is 1.21. The molecule has 4 heteroatoms. The zero-order valence-electron chi connectivity index (χ0n) is 6.91. The molecule has 3 unspecified atom stereocenters. The maximum absolute atomic E-state index is 10.9. The Kier molecular flexibility index (Phi) is 5.43. The van der Waals surface area contributed by atoms with Crippen LogP contribution in [-0.2, 0) is 9.53 Å². The van der Waals surface area contributed by atoms with Gasteiger partial charge in [-0.05, 0) is 13.3 Å². The van der Waals surface area contributed by atoms with Crippen molar-refractivity contribution in [2.75, 3.05) is 6.61 Å². The van der Waals surface area contributed by atoms with Crippen LogP contribution in [0.1, 0.15) is 20.3 Å². The predicted octanol–water partition coefficient (Wildman–Crippen LogP) is 0.564. The van der Waals surface area contributed by atoms with Gasteiger partial charge in [-0.2, -0.15) is 0 Å². The van der Waals surface area contributed by atoms with Gasteiger partial charge in [-0.25, -0.2) is 0 Å². The fourth-order valence-electron chi connectivity index (χ4n) is 0.476. The van der Waals surface area contributed by atoms with Gasteiger partial charge in [-0.1, -0.05) is 6.92 Å². The number of carbonyl (C=O) groups excluding carboxylic acids is 1.